The third-order valence-electron chi connectivity index (χ3n) is 3.88. The largest absolute Gasteiger partial charge is 0.365 e. The van der Waals surface area contributed by atoms with E-state index in [1.165, 1.54) is 6.07 Å². The number of hydrogen-bond donors (Lipinski definition) is 0. The number of rotatable bonds is 7. The molecule has 1 fully saturated rings. The summed E-state index contributed by atoms with van der Waals surface area (Å²) in [6, 6.07) is 6.71. The highest BCUT2D eigenvalue weighted by Crippen LogP contribution is 2.28. The summed E-state index contributed by atoms with van der Waals surface area (Å²) in [6.45, 7) is 5.45. The van der Waals surface area contributed by atoms with Gasteiger partial charge in [-0.1, -0.05) is 44.9 Å². The minimum absolute atomic E-state index is 0.142. The van der Waals surface area contributed by atoms with Gasteiger partial charge in [-0.05, 0) is 18.9 Å². The Morgan fingerprint density at radius 1 is 1.24 bits per heavy atom. The van der Waals surface area contributed by atoms with Crippen molar-refractivity contribution in [1.29, 1.82) is 0 Å². The maximum Gasteiger partial charge on any atom is 0.157 e. The smallest absolute Gasteiger partial charge is 0.157 e. The molecule has 0 amide bonds. The number of ether oxygens (including phenoxy) is 3. The summed E-state index contributed by atoms with van der Waals surface area (Å²) in [4.78, 5) is 0. The van der Waals surface area contributed by atoms with E-state index in [1.807, 2.05) is 13.0 Å². The Balaban J connectivity index is 1.98. The second kappa shape index (κ2) is 7.87. The molecular weight excluding hydrogens is 271 g/mol. The molecule has 0 spiro atoms. The molecule has 0 N–H and O–H groups in total. The van der Waals surface area contributed by atoms with Crippen LogP contribution in [0.5, 0.6) is 0 Å². The highest BCUT2D eigenvalue weighted by atomic mass is 19.1. The molecule has 1 aromatic carbocycles. The van der Waals surface area contributed by atoms with Crippen LogP contribution in [0, 0.1) is 5.82 Å². The van der Waals surface area contributed by atoms with Crippen LogP contribution in [-0.4, -0.2) is 25.1 Å². The van der Waals surface area contributed by atoms with Crippen molar-refractivity contribution in [1.82, 2.24) is 0 Å². The summed E-state index contributed by atoms with van der Waals surface area (Å²) in [5.74, 6) is -0.229. The fraction of sp³-hybridized carbons (Fsp3) is 0.647. The second-order valence-corrected chi connectivity index (χ2v) is 5.63. The molecule has 0 unspecified atom stereocenters. The van der Waals surface area contributed by atoms with Gasteiger partial charge in [0.25, 0.3) is 0 Å². The van der Waals surface area contributed by atoms with Crippen LogP contribution in [0.15, 0.2) is 24.3 Å². The van der Waals surface area contributed by atoms with Crippen molar-refractivity contribution < 1.29 is 18.6 Å². The first-order valence-electron chi connectivity index (χ1n) is 7.79. The van der Waals surface area contributed by atoms with Gasteiger partial charge in [-0.2, -0.15) is 0 Å². The van der Waals surface area contributed by atoms with Crippen LogP contribution >= 0.6 is 0 Å². The van der Waals surface area contributed by atoms with E-state index in [2.05, 4.69) is 6.92 Å². The molecule has 4 heteroatoms. The average molecular weight is 296 g/mol. The fourth-order valence-electron chi connectivity index (χ4n) is 2.46. The maximum atomic E-state index is 13.7. The standard InChI is InChI=1S/C17H25FO3/c1-3-5-10-17(12-19-16(4-2)20-13-17)21-11-14-8-6-7-9-15(14)18/h6-9,16H,3-5,10-13H2,1-2H3. The van der Waals surface area contributed by atoms with E-state index in [1.54, 1.807) is 12.1 Å². The van der Waals surface area contributed by atoms with Crippen LogP contribution < -0.4 is 0 Å². The van der Waals surface area contributed by atoms with Crippen molar-refractivity contribution >= 4 is 0 Å². The summed E-state index contributed by atoms with van der Waals surface area (Å²) < 4.78 is 31.2. The lowest BCUT2D eigenvalue weighted by Gasteiger charge is -2.40. The molecule has 1 saturated heterocycles. The molecule has 0 radical (unpaired) electrons. The van der Waals surface area contributed by atoms with Crippen molar-refractivity contribution in [3.05, 3.63) is 35.6 Å². The van der Waals surface area contributed by atoms with E-state index in [-0.39, 0.29) is 18.7 Å². The Hall–Kier alpha value is -0.970. The molecule has 0 aromatic heterocycles. The Morgan fingerprint density at radius 3 is 2.57 bits per heavy atom. The molecule has 1 aromatic rings. The summed E-state index contributed by atoms with van der Waals surface area (Å²) in [5, 5.41) is 0. The topological polar surface area (TPSA) is 27.7 Å². The Bertz CT molecular complexity index is 428. The third-order valence-corrected chi connectivity index (χ3v) is 3.88. The summed E-state index contributed by atoms with van der Waals surface area (Å²) in [5.41, 5.74) is 0.121. The number of hydrogen-bond acceptors (Lipinski definition) is 3. The molecule has 118 valence electrons. The quantitative estimate of drug-likeness (QED) is 0.759. The normalized spacial score (nSPS) is 26.0. The van der Waals surface area contributed by atoms with E-state index >= 15 is 0 Å². The van der Waals surface area contributed by atoms with Crippen LogP contribution in [-0.2, 0) is 20.8 Å². The van der Waals surface area contributed by atoms with Crippen LogP contribution in [0.4, 0.5) is 4.39 Å². The molecule has 0 aliphatic carbocycles. The van der Waals surface area contributed by atoms with E-state index in [4.69, 9.17) is 14.2 Å². The first-order valence-corrected chi connectivity index (χ1v) is 7.79. The van der Waals surface area contributed by atoms with Crippen LogP contribution in [0.2, 0.25) is 0 Å². The van der Waals surface area contributed by atoms with Crippen molar-refractivity contribution in [3.8, 4) is 0 Å². The molecular formula is C17H25FO3. The Morgan fingerprint density at radius 2 is 1.95 bits per heavy atom. The molecule has 3 nitrogen and oxygen atoms in total. The van der Waals surface area contributed by atoms with Crippen LogP contribution in [0.3, 0.4) is 0 Å². The lowest BCUT2D eigenvalue weighted by atomic mass is 9.97. The van der Waals surface area contributed by atoms with E-state index in [0.29, 0.717) is 18.8 Å². The molecule has 1 heterocycles. The van der Waals surface area contributed by atoms with E-state index in [9.17, 15) is 4.39 Å². The molecule has 1 aliphatic heterocycles. The van der Waals surface area contributed by atoms with Gasteiger partial charge in [-0.15, -0.1) is 0 Å². The van der Waals surface area contributed by atoms with Gasteiger partial charge in [0.15, 0.2) is 6.29 Å². The van der Waals surface area contributed by atoms with Gasteiger partial charge in [0.05, 0.1) is 19.8 Å². The highest BCUT2D eigenvalue weighted by Gasteiger charge is 2.37. The molecule has 0 saturated carbocycles. The Labute approximate surface area is 126 Å². The SMILES string of the molecule is CCCCC1(OCc2ccccc2F)COC(CC)OC1. The zero-order valence-electron chi connectivity index (χ0n) is 12.9. The first kappa shape index (κ1) is 16.4. The lowest BCUT2D eigenvalue weighted by Crippen LogP contribution is -2.49. The van der Waals surface area contributed by atoms with Crippen molar-refractivity contribution in [3.63, 3.8) is 0 Å². The predicted octanol–water partition coefficient (Wildman–Crippen LogP) is 4.05. The lowest BCUT2D eigenvalue weighted by molar-refractivity contribution is -0.270. The second-order valence-electron chi connectivity index (χ2n) is 5.63. The molecule has 2 rings (SSSR count). The summed E-state index contributed by atoms with van der Waals surface area (Å²) in [6.07, 6.45) is 3.69. The Kier molecular flexibility index (Phi) is 6.15. The molecule has 0 bridgehead atoms. The fourth-order valence-corrected chi connectivity index (χ4v) is 2.46. The predicted molar refractivity (Wildman–Crippen MR) is 79.4 cm³/mol. The van der Waals surface area contributed by atoms with Gasteiger partial charge >= 0.3 is 0 Å². The van der Waals surface area contributed by atoms with Gasteiger partial charge in [-0.25, -0.2) is 4.39 Å². The minimum Gasteiger partial charge on any atom is -0.365 e. The van der Waals surface area contributed by atoms with Crippen molar-refractivity contribution in [2.75, 3.05) is 13.2 Å². The van der Waals surface area contributed by atoms with Crippen molar-refractivity contribution in [2.45, 2.75) is 58.0 Å². The van der Waals surface area contributed by atoms with Gasteiger partial charge < -0.3 is 14.2 Å². The van der Waals surface area contributed by atoms with E-state index in [0.717, 1.165) is 25.7 Å². The summed E-state index contributed by atoms with van der Waals surface area (Å²) >= 11 is 0. The maximum absolute atomic E-state index is 13.7. The van der Waals surface area contributed by atoms with Gasteiger partial charge in [0.1, 0.15) is 11.4 Å². The van der Waals surface area contributed by atoms with Gasteiger partial charge in [0.2, 0.25) is 0 Å². The zero-order chi connectivity index (χ0) is 15.1. The highest BCUT2D eigenvalue weighted by molar-refractivity contribution is 5.16. The first-order chi connectivity index (χ1) is 10.2. The minimum atomic E-state index is -0.454. The third kappa shape index (κ3) is 4.50. The number of benzene rings is 1. The zero-order valence-corrected chi connectivity index (χ0v) is 12.9. The molecule has 21 heavy (non-hydrogen) atoms. The van der Waals surface area contributed by atoms with Gasteiger partial charge in [-0.3, -0.25) is 0 Å². The number of unbranched alkanes of at least 4 members (excludes halogenated alkanes) is 1. The average Bonchev–Trinajstić information content (AvgIpc) is 2.53. The monoisotopic (exact) mass is 296 g/mol. The number of halogens is 1. The summed E-state index contributed by atoms with van der Waals surface area (Å²) in [7, 11) is 0. The van der Waals surface area contributed by atoms with Gasteiger partial charge in [0, 0.05) is 5.56 Å². The van der Waals surface area contributed by atoms with E-state index < -0.39 is 5.60 Å². The molecule has 0 atom stereocenters. The van der Waals surface area contributed by atoms with Crippen LogP contribution in [0.25, 0.3) is 0 Å². The van der Waals surface area contributed by atoms with Crippen LogP contribution in [0.1, 0.15) is 45.1 Å². The van der Waals surface area contributed by atoms with Crippen molar-refractivity contribution in [2.24, 2.45) is 0 Å². The molecule has 1 aliphatic rings.